The molecule has 2 bridgehead atoms. The van der Waals surface area contributed by atoms with Gasteiger partial charge >= 0.3 is 0 Å². The molecule has 2 heteroatoms. The van der Waals surface area contributed by atoms with E-state index in [2.05, 4.69) is 17.4 Å². The van der Waals surface area contributed by atoms with Crippen LogP contribution in [0.15, 0.2) is 18.2 Å². The summed E-state index contributed by atoms with van der Waals surface area (Å²) in [6.45, 7) is 4.17. The van der Waals surface area contributed by atoms with Crippen LogP contribution in [0.4, 0.5) is 0 Å². The number of hydrogen-bond donors (Lipinski definition) is 1. The molecule has 0 spiro atoms. The number of piperidine rings is 1. The fourth-order valence-corrected chi connectivity index (χ4v) is 3.27. The summed E-state index contributed by atoms with van der Waals surface area (Å²) in [5, 5.41) is 3.51. The van der Waals surface area contributed by atoms with E-state index in [1.165, 1.54) is 24.0 Å². The number of Topliss-reactive ketones (excluding diaryl/α,β-unsaturated/α-hetero) is 1. The monoisotopic (exact) mass is 229 g/mol. The molecule has 2 aliphatic rings. The Morgan fingerprint density at radius 1 is 1.41 bits per heavy atom. The zero-order valence-electron chi connectivity index (χ0n) is 10.3. The van der Waals surface area contributed by atoms with Gasteiger partial charge in [-0.3, -0.25) is 4.79 Å². The third-order valence-electron chi connectivity index (χ3n) is 4.18. The maximum Gasteiger partial charge on any atom is 0.162 e. The van der Waals surface area contributed by atoms with E-state index in [1.807, 2.05) is 13.0 Å². The SMILES string of the molecule is CCC(=O)c1ccc2c(c1)C1CNCC(C2)C1. The lowest BCUT2D eigenvalue weighted by Gasteiger charge is -2.37. The van der Waals surface area contributed by atoms with E-state index in [4.69, 9.17) is 0 Å². The molecule has 0 amide bonds. The second kappa shape index (κ2) is 4.26. The summed E-state index contributed by atoms with van der Waals surface area (Å²) in [5.74, 6) is 1.69. The number of hydrogen-bond acceptors (Lipinski definition) is 2. The first-order valence-electron chi connectivity index (χ1n) is 6.64. The van der Waals surface area contributed by atoms with E-state index >= 15 is 0 Å². The van der Waals surface area contributed by atoms with Gasteiger partial charge in [0.15, 0.2) is 5.78 Å². The Bertz CT molecular complexity index is 452. The molecule has 17 heavy (non-hydrogen) atoms. The average molecular weight is 229 g/mol. The Balaban J connectivity index is 1.99. The van der Waals surface area contributed by atoms with E-state index in [-0.39, 0.29) is 5.78 Å². The first kappa shape index (κ1) is 11.0. The summed E-state index contributed by atoms with van der Waals surface area (Å²) >= 11 is 0. The molecule has 1 aliphatic carbocycles. The molecule has 0 aromatic heterocycles. The minimum atomic E-state index is 0.263. The van der Waals surface area contributed by atoms with Gasteiger partial charge in [0.05, 0.1) is 0 Å². The first-order chi connectivity index (χ1) is 8.28. The van der Waals surface area contributed by atoms with Crippen LogP contribution in [0.1, 0.15) is 47.2 Å². The van der Waals surface area contributed by atoms with Gasteiger partial charge in [0.1, 0.15) is 0 Å². The van der Waals surface area contributed by atoms with Gasteiger partial charge in [-0.15, -0.1) is 0 Å². The molecule has 2 atom stereocenters. The molecule has 1 aliphatic heterocycles. The largest absolute Gasteiger partial charge is 0.316 e. The van der Waals surface area contributed by atoms with Crippen LogP contribution in [0.5, 0.6) is 0 Å². The van der Waals surface area contributed by atoms with Crippen molar-refractivity contribution in [2.45, 2.75) is 32.1 Å². The Morgan fingerprint density at radius 3 is 3.12 bits per heavy atom. The predicted molar refractivity (Wildman–Crippen MR) is 68.5 cm³/mol. The van der Waals surface area contributed by atoms with Gasteiger partial charge in [-0.2, -0.15) is 0 Å². The molecule has 0 saturated carbocycles. The van der Waals surface area contributed by atoms with Gasteiger partial charge in [0, 0.05) is 18.5 Å². The zero-order chi connectivity index (χ0) is 11.8. The fraction of sp³-hybridized carbons (Fsp3) is 0.533. The van der Waals surface area contributed by atoms with Gasteiger partial charge in [-0.1, -0.05) is 19.1 Å². The molecule has 1 N–H and O–H groups in total. The van der Waals surface area contributed by atoms with Gasteiger partial charge in [0.2, 0.25) is 0 Å². The van der Waals surface area contributed by atoms with Crippen LogP contribution in [-0.2, 0) is 6.42 Å². The fourth-order valence-electron chi connectivity index (χ4n) is 3.27. The molecule has 3 rings (SSSR count). The standard InChI is InChI=1S/C15H19NO/c1-2-15(17)12-4-3-11-5-10-6-13(9-16-8-10)14(11)7-12/h3-4,7,10,13,16H,2,5-6,8-9H2,1H3. The Hall–Kier alpha value is -1.15. The van der Waals surface area contributed by atoms with Crippen molar-refractivity contribution in [3.63, 3.8) is 0 Å². The molecule has 2 nitrogen and oxygen atoms in total. The zero-order valence-corrected chi connectivity index (χ0v) is 10.3. The van der Waals surface area contributed by atoms with E-state index in [9.17, 15) is 4.79 Å². The number of benzene rings is 1. The average Bonchev–Trinajstić information content (AvgIpc) is 2.38. The Morgan fingerprint density at radius 2 is 2.29 bits per heavy atom. The molecule has 1 fully saturated rings. The van der Waals surface area contributed by atoms with Crippen molar-refractivity contribution < 1.29 is 4.79 Å². The molecule has 2 unspecified atom stereocenters. The van der Waals surface area contributed by atoms with E-state index in [0.29, 0.717) is 12.3 Å². The summed E-state index contributed by atoms with van der Waals surface area (Å²) in [6, 6.07) is 6.34. The minimum Gasteiger partial charge on any atom is -0.316 e. The van der Waals surface area contributed by atoms with Crippen LogP contribution in [0.25, 0.3) is 0 Å². The molecule has 1 aromatic carbocycles. The van der Waals surface area contributed by atoms with E-state index in [1.54, 1.807) is 0 Å². The van der Waals surface area contributed by atoms with Gasteiger partial charge in [0.25, 0.3) is 0 Å². The van der Waals surface area contributed by atoms with Crippen molar-refractivity contribution in [3.8, 4) is 0 Å². The number of fused-ring (bicyclic) bond motifs is 4. The topological polar surface area (TPSA) is 29.1 Å². The summed E-state index contributed by atoms with van der Waals surface area (Å²) in [5.41, 5.74) is 3.79. The molecule has 1 heterocycles. The van der Waals surface area contributed by atoms with Crippen LogP contribution in [0.3, 0.4) is 0 Å². The highest BCUT2D eigenvalue weighted by Crippen LogP contribution is 2.37. The highest BCUT2D eigenvalue weighted by molar-refractivity contribution is 5.96. The lowest BCUT2D eigenvalue weighted by Crippen LogP contribution is -2.39. The molecule has 1 saturated heterocycles. The smallest absolute Gasteiger partial charge is 0.162 e. The van der Waals surface area contributed by atoms with E-state index < -0.39 is 0 Å². The summed E-state index contributed by atoms with van der Waals surface area (Å²) < 4.78 is 0. The van der Waals surface area contributed by atoms with Crippen LogP contribution < -0.4 is 5.32 Å². The number of carbonyl (C=O) groups excluding carboxylic acids is 1. The van der Waals surface area contributed by atoms with Gasteiger partial charge < -0.3 is 5.32 Å². The van der Waals surface area contributed by atoms with Crippen LogP contribution in [0.2, 0.25) is 0 Å². The molecule has 90 valence electrons. The predicted octanol–water partition coefficient (Wildman–Crippen LogP) is 2.53. The molecule has 1 aromatic rings. The van der Waals surface area contributed by atoms with Crippen LogP contribution >= 0.6 is 0 Å². The quantitative estimate of drug-likeness (QED) is 0.790. The second-order valence-electron chi connectivity index (χ2n) is 5.35. The highest BCUT2D eigenvalue weighted by atomic mass is 16.1. The maximum absolute atomic E-state index is 11.8. The van der Waals surface area contributed by atoms with Crippen molar-refractivity contribution in [1.82, 2.24) is 5.32 Å². The highest BCUT2D eigenvalue weighted by Gasteiger charge is 2.30. The van der Waals surface area contributed by atoms with E-state index in [0.717, 1.165) is 24.6 Å². The number of nitrogens with one attached hydrogen (secondary N) is 1. The van der Waals surface area contributed by atoms with Crippen LogP contribution in [-0.4, -0.2) is 18.9 Å². The lowest BCUT2D eigenvalue weighted by molar-refractivity contribution is 0.0988. The Labute approximate surface area is 102 Å². The maximum atomic E-state index is 11.8. The third kappa shape index (κ3) is 1.91. The first-order valence-corrected chi connectivity index (χ1v) is 6.64. The third-order valence-corrected chi connectivity index (χ3v) is 4.18. The molecular weight excluding hydrogens is 210 g/mol. The second-order valence-corrected chi connectivity index (χ2v) is 5.35. The lowest BCUT2D eigenvalue weighted by atomic mass is 9.74. The van der Waals surface area contributed by atoms with Crippen molar-refractivity contribution in [1.29, 1.82) is 0 Å². The molecular formula is C15H19NO. The van der Waals surface area contributed by atoms with Gasteiger partial charge in [-0.25, -0.2) is 0 Å². The summed E-state index contributed by atoms with van der Waals surface area (Å²) in [6.07, 6.45) is 3.08. The van der Waals surface area contributed by atoms with Crippen molar-refractivity contribution >= 4 is 5.78 Å². The minimum absolute atomic E-state index is 0.263. The Kier molecular flexibility index (Phi) is 2.75. The van der Waals surface area contributed by atoms with Crippen molar-refractivity contribution in [3.05, 3.63) is 34.9 Å². The van der Waals surface area contributed by atoms with Gasteiger partial charge in [-0.05, 0) is 48.4 Å². The number of rotatable bonds is 2. The molecule has 0 radical (unpaired) electrons. The van der Waals surface area contributed by atoms with Crippen molar-refractivity contribution in [2.75, 3.05) is 13.1 Å². The number of carbonyl (C=O) groups is 1. The normalized spacial score (nSPS) is 26.4. The summed E-state index contributed by atoms with van der Waals surface area (Å²) in [4.78, 5) is 11.8. The van der Waals surface area contributed by atoms with Crippen molar-refractivity contribution in [2.24, 2.45) is 5.92 Å². The number of ketones is 1. The van der Waals surface area contributed by atoms with Crippen LogP contribution in [0, 0.1) is 5.92 Å². The summed E-state index contributed by atoms with van der Waals surface area (Å²) in [7, 11) is 0.